The zero-order chi connectivity index (χ0) is 12.8. The van der Waals surface area contributed by atoms with Crippen molar-refractivity contribution in [3.8, 4) is 0 Å². The Morgan fingerprint density at radius 2 is 2.18 bits per heavy atom. The van der Waals surface area contributed by atoms with Crippen LogP contribution in [0, 0.1) is 0 Å². The summed E-state index contributed by atoms with van der Waals surface area (Å²) in [7, 11) is 0. The van der Waals surface area contributed by atoms with Crippen LogP contribution in [0.4, 0.5) is 5.69 Å². The van der Waals surface area contributed by atoms with Gasteiger partial charge in [-0.1, -0.05) is 34.8 Å². The molecule has 0 aliphatic carbocycles. The molecule has 0 fully saturated rings. The minimum atomic E-state index is -0.428. The van der Waals surface area contributed by atoms with Crippen LogP contribution in [0.3, 0.4) is 0 Å². The number of carbonyl (C=O) groups excluding carboxylic acids is 1. The average molecular weight is 296 g/mol. The molecule has 7 heteroatoms. The van der Waals surface area contributed by atoms with E-state index in [1.165, 1.54) is 6.92 Å². The molecule has 0 radical (unpaired) electrons. The molecule has 0 bridgehead atoms. The summed E-state index contributed by atoms with van der Waals surface area (Å²) in [5.74, 6) is -0.428. The van der Waals surface area contributed by atoms with E-state index in [1.54, 1.807) is 18.2 Å². The molecule has 17 heavy (non-hydrogen) atoms. The number of halogens is 3. The van der Waals surface area contributed by atoms with Gasteiger partial charge < -0.3 is 4.74 Å². The number of nitrogens with one attached hydrogen (secondary N) is 1. The standard InChI is InChI=1S/C10H9Cl3N2O2/c1-6(16)17-5-10(13)15-14-9-3-2-7(11)4-8(9)12/h2-4,14H,5H2,1H3. The second-order valence-electron chi connectivity index (χ2n) is 3.00. The summed E-state index contributed by atoms with van der Waals surface area (Å²) < 4.78 is 4.65. The lowest BCUT2D eigenvalue weighted by Gasteiger charge is -2.04. The van der Waals surface area contributed by atoms with E-state index in [0.717, 1.165) is 0 Å². The van der Waals surface area contributed by atoms with Crippen LogP contribution in [0.1, 0.15) is 6.92 Å². The minimum Gasteiger partial charge on any atom is -0.458 e. The molecule has 0 aromatic heterocycles. The largest absolute Gasteiger partial charge is 0.458 e. The van der Waals surface area contributed by atoms with E-state index in [1.807, 2.05) is 0 Å². The highest BCUT2D eigenvalue weighted by Crippen LogP contribution is 2.25. The number of nitrogens with zero attached hydrogens (tertiary/aromatic N) is 1. The molecule has 0 heterocycles. The number of ether oxygens (including phenoxy) is 1. The summed E-state index contributed by atoms with van der Waals surface area (Å²) in [6.45, 7) is 1.20. The summed E-state index contributed by atoms with van der Waals surface area (Å²) in [4.78, 5) is 10.5. The first kappa shape index (κ1) is 14.1. The molecular formula is C10H9Cl3N2O2. The highest BCUT2D eigenvalue weighted by molar-refractivity contribution is 6.66. The van der Waals surface area contributed by atoms with E-state index in [4.69, 9.17) is 34.8 Å². The van der Waals surface area contributed by atoms with Gasteiger partial charge in [0.2, 0.25) is 0 Å². The smallest absolute Gasteiger partial charge is 0.303 e. The first-order chi connectivity index (χ1) is 7.99. The third kappa shape index (κ3) is 5.26. The van der Waals surface area contributed by atoms with Gasteiger partial charge in [0.1, 0.15) is 6.61 Å². The van der Waals surface area contributed by atoms with Crippen molar-refractivity contribution in [3.05, 3.63) is 28.2 Å². The van der Waals surface area contributed by atoms with Crippen molar-refractivity contribution in [2.75, 3.05) is 12.0 Å². The van der Waals surface area contributed by atoms with Crippen molar-refractivity contribution < 1.29 is 9.53 Å². The van der Waals surface area contributed by atoms with E-state index in [2.05, 4.69) is 15.3 Å². The number of hydrazone groups is 1. The summed E-state index contributed by atoms with van der Waals surface area (Å²) >= 11 is 17.3. The molecule has 0 amide bonds. The summed E-state index contributed by atoms with van der Waals surface area (Å²) in [6.07, 6.45) is 0. The van der Waals surface area contributed by atoms with Crippen LogP contribution in [0.2, 0.25) is 10.0 Å². The van der Waals surface area contributed by atoms with Gasteiger partial charge >= 0.3 is 5.97 Å². The quantitative estimate of drug-likeness (QED) is 0.525. The summed E-state index contributed by atoms with van der Waals surface area (Å²) in [5, 5.41) is 4.83. The van der Waals surface area contributed by atoms with Crippen molar-refractivity contribution in [2.45, 2.75) is 6.92 Å². The van der Waals surface area contributed by atoms with Gasteiger partial charge in [-0.3, -0.25) is 10.2 Å². The lowest BCUT2D eigenvalue weighted by molar-refractivity contribution is -0.139. The monoisotopic (exact) mass is 294 g/mol. The van der Waals surface area contributed by atoms with Crippen LogP contribution < -0.4 is 5.43 Å². The third-order valence-corrected chi connectivity index (χ3v) is 2.36. The maximum Gasteiger partial charge on any atom is 0.303 e. The van der Waals surface area contributed by atoms with Crippen LogP contribution in [0.5, 0.6) is 0 Å². The van der Waals surface area contributed by atoms with Crippen molar-refractivity contribution in [1.82, 2.24) is 0 Å². The van der Waals surface area contributed by atoms with Crippen LogP contribution >= 0.6 is 34.8 Å². The maximum absolute atomic E-state index is 10.5. The molecule has 4 nitrogen and oxygen atoms in total. The van der Waals surface area contributed by atoms with Crippen LogP contribution in [0.25, 0.3) is 0 Å². The molecule has 0 atom stereocenters. The highest BCUT2D eigenvalue weighted by atomic mass is 35.5. The first-order valence-corrected chi connectivity index (χ1v) is 5.69. The van der Waals surface area contributed by atoms with Crippen LogP contribution in [-0.2, 0) is 9.53 Å². The Morgan fingerprint density at radius 1 is 1.47 bits per heavy atom. The molecule has 0 unspecified atom stereocenters. The Bertz CT molecular complexity index is 449. The second-order valence-corrected chi connectivity index (χ2v) is 4.28. The molecule has 1 rings (SSSR count). The highest BCUT2D eigenvalue weighted by Gasteiger charge is 2.01. The molecule has 0 saturated heterocycles. The Morgan fingerprint density at radius 3 is 2.76 bits per heavy atom. The van der Waals surface area contributed by atoms with Crippen molar-refractivity contribution in [1.29, 1.82) is 0 Å². The SMILES string of the molecule is CC(=O)OCC(Cl)=NNc1ccc(Cl)cc1Cl. The molecule has 1 N–H and O–H groups in total. The third-order valence-electron chi connectivity index (χ3n) is 1.62. The topological polar surface area (TPSA) is 50.7 Å². The normalized spacial score (nSPS) is 11.2. The molecule has 0 spiro atoms. The lowest BCUT2D eigenvalue weighted by atomic mass is 10.3. The number of anilines is 1. The predicted octanol–water partition coefficient (Wildman–Crippen LogP) is 3.52. The van der Waals surface area contributed by atoms with Crippen molar-refractivity contribution in [3.63, 3.8) is 0 Å². The molecule has 1 aromatic rings. The van der Waals surface area contributed by atoms with Gasteiger partial charge in [-0.15, -0.1) is 0 Å². The summed E-state index contributed by atoms with van der Waals surface area (Å²) in [6, 6.07) is 4.89. The number of hydrogen-bond acceptors (Lipinski definition) is 4. The number of rotatable bonds is 4. The fraction of sp³-hybridized carbons (Fsp3) is 0.200. The van der Waals surface area contributed by atoms with E-state index in [-0.39, 0.29) is 11.8 Å². The van der Waals surface area contributed by atoms with Gasteiger partial charge in [0.15, 0.2) is 5.17 Å². The van der Waals surface area contributed by atoms with E-state index < -0.39 is 5.97 Å². The summed E-state index contributed by atoms with van der Waals surface area (Å²) in [5.41, 5.74) is 3.19. The van der Waals surface area contributed by atoms with Gasteiger partial charge in [-0.2, -0.15) is 5.10 Å². The van der Waals surface area contributed by atoms with Gasteiger partial charge in [-0.25, -0.2) is 0 Å². The number of hydrogen-bond donors (Lipinski definition) is 1. The van der Waals surface area contributed by atoms with Gasteiger partial charge in [0.05, 0.1) is 10.7 Å². The molecule has 1 aromatic carbocycles. The van der Waals surface area contributed by atoms with Gasteiger partial charge in [0, 0.05) is 11.9 Å². The fourth-order valence-corrected chi connectivity index (χ4v) is 1.44. The number of carbonyl (C=O) groups is 1. The van der Waals surface area contributed by atoms with E-state index in [0.29, 0.717) is 15.7 Å². The maximum atomic E-state index is 10.5. The molecule has 0 saturated carbocycles. The molecular weight excluding hydrogens is 286 g/mol. The average Bonchev–Trinajstić information content (AvgIpc) is 2.25. The Balaban J connectivity index is 2.59. The van der Waals surface area contributed by atoms with Gasteiger partial charge in [-0.05, 0) is 18.2 Å². The Kier molecular flexibility index (Phi) is 5.55. The Labute approximate surface area is 113 Å². The molecule has 0 aliphatic rings. The minimum absolute atomic E-state index is 0.0882. The second kappa shape index (κ2) is 6.69. The van der Waals surface area contributed by atoms with Crippen molar-refractivity contribution >= 4 is 51.6 Å². The fourth-order valence-electron chi connectivity index (χ4n) is 0.894. The zero-order valence-corrected chi connectivity index (χ0v) is 11.1. The van der Waals surface area contributed by atoms with Crippen LogP contribution in [0.15, 0.2) is 23.3 Å². The Hall–Kier alpha value is -0.970. The van der Waals surface area contributed by atoms with Gasteiger partial charge in [0.25, 0.3) is 0 Å². The lowest BCUT2D eigenvalue weighted by Crippen LogP contribution is -2.08. The van der Waals surface area contributed by atoms with Crippen molar-refractivity contribution in [2.24, 2.45) is 5.10 Å². The number of esters is 1. The van der Waals surface area contributed by atoms with Crippen LogP contribution in [-0.4, -0.2) is 17.7 Å². The molecule has 0 aliphatic heterocycles. The zero-order valence-electron chi connectivity index (χ0n) is 8.84. The predicted molar refractivity (Wildman–Crippen MR) is 70.0 cm³/mol. The first-order valence-electron chi connectivity index (χ1n) is 4.55. The van der Waals surface area contributed by atoms with E-state index in [9.17, 15) is 4.79 Å². The number of benzene rings is 1. The molecule has 92 valence electrons. The van der Waals surface area contributed by atoms with E-state index >= 15 is 0 Å².